The van der Waals surface area contributed by atoms with Gasteiger partial charge >= 0.3 is 5.97 Å². The normalized spacial score (nSPS) is 13.6. The highest BCUT2D eigenvalue weighted by Crippen LogP contribution is 2.23. The van der Waals surface area contributed by atoms with Gasteiger partial charge in [0.2, 0.25) is 5.91 Å². The molecule has 1 aliphatic carbocycles. The van der Waals surface area contributed by atoms with E-state index in [1.807, 2.05) is 48.5 Å². The summed E-state index contributed by atoms with van der Waals surface area (Å²) in [6.45, 7) is 0. The summed E-state index contributed by atoms with van der Waals surface area (Å²) in [6.07, 6.45) is 3.44. The number of carboxylic acid groups (broad SMARTS) is 1. The number of ketones is 1. The third-order valence-corrected chi connectivity index (χ3v) is 4.92. The van der Waals surface area contributed by atoms with Crippen LogP contribution in [0.3, 0.4) is 0 Å². The van der Waals surface area contributed by atoms with Crippen LogP contribution < -0.4 is 5.32 Å². The Kier molecular flexibility index (Phi) is 6.01. The molecule has 2 N–H and O–H groups in total. The number of nitrogens with one attached hydrogen (secondary N) is 1. The largest absolute Gasteiger partial charge is 0.480 e. The van der Waals surface area contributed by atoms with Gasteiger partial charge in [0.15, 0.2) is 5.78 Å². The third kappa shape index (κ3) is 5.03. The quantitative estimate of drug-likeness (QED) is 0.705. The second-order valence-corrected chi connectivity index (χ2v) is 6.91. The fraction of sp³-hybridized carbons (Fsp3) is 0.318. The zero-order valence-electron chi connectivity index (χ0n) is 15.1. The van der Waals surface area contributed by atoms with Gasteiger partial charge in [-0.25, -0.2) is 4.79 Å². The molecule has 0 aliphatic heterocycles. The maximum absolute atomic E-state index is 12.4. The number of rotatable bonds is 8. The number of carbonyl (C=O) groups is 3. The lowest BCUT2D eigenvalue weighted by atomic mass is 10.0. The summed E-state index contributed by atoms with van der Waals surface area (Å²) in [5.41, 5.74) is 3.98. The highest BCUT2D eigenvalue weighted by molar-refractivity contribution is 5.98. The van der Waals surface area contributed by atoms with E-state index in [9.17, 15) is 19.5 Å². The standard InChI is InChI=1S/C22H23NO4/c24-20(18-10-9-16-7-4-8-17(16)14-18)11-12-21(25)23-19(22(26)27)13-15-5-2-1-3-6-15/h1-3,5-6,9-10,14,19H,4,7-8,11-13H2,(H,23,25)(H,26,27)/t19-/m1/s1. The van der Waals surface area contributed by atoms with Crippen molar-refractivity contribution in [1.29, 1.82) is 0 Å². The van der Waals surface area contributed by atoms with E-state index < -0.39 is 17.9 Å². The molecule has 0 bridgehead atoms. The summed E-state index contributed by atoms with van der Waals surface area (Å²) in [6, 6.07) is 13.9. The van der Waals surface area contributed by atoms with Crippen molar-refractivity contribution in [3.8, 4) is 0 Å². The number of Topliss-reactive ketones (excluding diaryl/α,β-unsaturated/α-hetero) is 1. The molecule has 5 nitrogen and oxygen atoms in total. The van der Waals surface area contributed by atoms with Crippen molar-refractivity contribution < 1.29 is 19.5 Å². The van der Waals surface area contributed by atoms with Crippen LogP contribution >= 0.6 is 0 Å². The van der Waals surface area contributed by atoms with E-state index in [1.54, 1.807) is 0 Å². The zero-order chi connectivity index (χ0) is 19.2. The Bertz CT molecular complexity index is 845. The van der Waals surface area contributed by atoms with Crippen LogP contribution in [0.25, 0.3) is 0 Å². The van der Waals surface area contributed by atoms with Crippen LogP contribution in [-0.2, 0) is 28.9 Å². The van der Waals surface area contributed by atoms with Gasteiger partial charge in [-0.3, -0.25) is 9.59 Å². The van der Waals surface area contributed by atoms with Gasteiger partial charge in [-0.2, -0.15) is 0 Å². The summed E-state index contributed by atoms with van der Waals surface area (Å²) >= 11 is 0. The van der Waals surface area contributed by atoms with Gasteiger partial charge in [-0.1, -0.05) is 42.5 Å². The fourth-order valence-corrected chi connectivity index (χ4v) is 3.43. The minimum absolute atomic E-state index is 0.0194. The van der Waals surface area contributed by atoms with Gasteiger partial charge in [-0.15, -0.1) is 0 Å². The maximum atomic E-state index is 12.4. The molecule has 1 aliphatic rings. The summed E-state index contributed by atoms with van der Waals surface area (Å²) in [5, 5.41) is 11.9. The number of carbonyl (C=O) groups excluding carboxylic acids is 2. The molecule has 0 heterocycles. The van der Waals surface area contributed by atoms with E-state index in [0.717, 1.165) is 24.8 Å². The van der Waals surface area contributed by atoms with E-state index in [2.05, 4.69) is 5.32 Å². The lowest BCUT2D eigenvalue weighted by Crippen LogP contribution is -2.42. The Labute approximate surface area is 158 Å². The predicted molar refractivity (Wildman–Crippen MR) is 102 cm³/mol. The number of hydrogen-bond donors (Lipinski definition) is 2. The maximum Gasteiger partial charge on any atom is 0.326 e. The number of benzene rings is 2. The number of carboxylic acids is 1. The van der Waals surface area contributed by atoms with Crippen molar-refractivity contribution in [3.05, 3.63) is 70.8 Å². The Balaban J connectivity index is 1.53. The molecular formula is C22H23NO4. The molecule has 1 atom stereocenters. The number of hydrogen-bond acceptors (Lipinski definition) is 3. The third-order valence-electron chi connectivity index (χ3n) is 4.92. The zero-order valence-corrected chi connectivity index (χ0v) is 15.1. The van der Waals surface area contributed by atoms with Gasteiger partial charge in [0, 0.05) is 24.8 Å². The second-order valence-electron chi connectivity index (χ2n) is 6.91. The number of fused-ring (bicyclic) bond motifs is 1. The van der Waals surface area contributed by atoms with Crippen LogP contribution in [0.2, 0.25) is 0 Å². The number of aryl methyl sites for hydroxylation is 2. The van der Waals surface area contributed by atoms with Crippen molar-refractivity contribution >= 4 is 17.7 Å². The first-order chi connectivity index (χ1) is 13.0. The van der Waals surface area contributed by atoms with Crippen LogP contribution in [-0.4, -0.2) is 28.8 Å². The first-order valence-electron chi connectivity index (χ1n) is 9.24. The number of aliphatic carboxylic acids is 1. The average Bonchev–Trinajstić information content (AvgIpc) is 3.14. The minimum Gasteiger partial charge on any atom is -0.480 e. The second kappa shape index (κ2) is 8.62. The van der Waals surface area contributed by atoms with E-state index in [0.29, 0.717) is 5.56 Å². The summed E-state index contributed by atoms with van der Waals surface area (Å²) in [4.78, 5) is 35.9. The first kappa shape index (κ1) is 18.8. The molecule has 0 saturated heterocycles. The van der Waals surface area contributed by atoms with Gasteiger partial charge in [0.1, 0.15) is 6.04 Å². The van der Waals surface area contributed by atoms with Crippen LogP contribution in [0.15, 0.2) is 48.5 Å². The van der Waals surface area contributed by atoms with E-state index in [-0.39, 0.29) is 25.0 Å². The van der Waals surface area contributed by atoms with E-state index in [4.69, 9.17) is 0 Å². The molecule has 2 aromatic rings. The monoisotopic (exact) mass is 365 g/mol. The van der Waals surface area contributed by atoms with Crippen molar-refractivity contribution in [1.82, 2.24) is 5.32 Å². The highest BCUT2D eigenvalue weighted by Gasteiger charge is 2.21. The molecule has 0 spiro atoms. The molecule has 0 radical (unpaired) electrons. The molecule has 3 rings (SSSR count). The molecule has 0 aromatic heterocycles. The van der Waals surface area contributed by atoms with Crippen molar-refractivity contribution in [3.63, 3.8) is 0 Å². The van der Waals surface area contributed by atoms with Crippen LogP contribution in [0.4, 0.5) is 0 Å². The van der Waals surface area contributed by atoms with Gasteiger partial charge in [0.25, 0.3) is 0 Å². The van der Waals surface area contributed by atoms with Crippen LogP contribution in [0.1, 0.15) is 46.3 Å². The van der Waals surface area contributed by atoms with Crippen molar-refractivity contribution in [2.24, 2.45) is 0 Å². The molecule has 27 heavy (non-hydrogen) atoms. The SMILES string of the molecule is O=C(CCC(=O)c1ccc2c(c1)CCC2)N[C@H](Cc1ccccc1)C(=O)O. The molecule has 0 fully saturated rings. The van der Waals surface area contributed by atoms with E-state index in [1.165, 1.54) is 11.1 Å². The number of amides is 1. The Hall–Kier alpha value is -2.95. The predicted octanol–water partition coefficient (Wildman–Crippen LogP) is 2.95. The first-order valence-corrected chi connectivity index (χ1v) is 9.24. The van der Waals surface area contributed by atoms with Gasteiger partial charge < -0.3 is 10.4 Å². The lowest BCUT2D eigenvalue weighted by molar-refractivity contribution is -0.141. The topological polar surface area (TPSA) is 83.5 Å². The molecule has 140 valence electrons. The van der Waals surface area contributed by atoms with Gasteiger partial charge in [-0.05, 0) is 42.0 Å². The summed E-state index contributed by atoms with van der Waals surface area (Å²) in [7, 11) is 0. The van der Waals surface area contributed by atoms with Gasteiger partial charge in [0.05, 0.1) is 0 Å². The molecule has 0 saturated carbocycles. The summed E-state index contributed by atoms with van der Waals surface area (Å²) < 4.78 is 0. The molecule has 1 amide bonds. The molecule has 2 aromatic carbocycles. The van der Waals surface area contributed by atoms with Crippen LogP contribution in [0.5, 0.6) is 0 Å². The molecule has 5 heteroatoms. The van der Waals surface area contributed by atoms with Crippen molar-refractivity contribution in [2.45, 2.75) is 44.6 Å². The molecular weight excluding hydrogens is 342 g/mol. The summed E-state index contributed by atoms with van der Waals surface area (Å²) in [5.74, 6) is -1.60. The highest BCUT2D eigenvalue weighted by atomic mass is 16.4. The fourth-order valence-electron chi connectivity index (χ4n) is 3.43. The van der Waals surface area contributed by atoms with Crippen molar-refractivity contribution in [2.75, 3.05) is 0 Å². The Morgan fingerprint density at radius 3 is 2.44 bits per heavy atom. The minimum atomic E-state index is -1.09. The lowest BCUT2D eigenvalue weighted by Gasteiger charge is -2.14. The Morgan fingerprint density at radius 2 is 1.70 bits per heavy atom. The molecule has 0 unspecified atom stereocenters. The van der Waals surface area contributed by atoms with E-state index >= 15 is 0 Å². The average molecular weight is 365 g/mol. The smallest absolute Gasteiger partial charge is 0.326 e. The van der Waals surface area contributed by atoms with Crippen LogP contribution in [0, 0.1) is 0 Å². The Morgan fingerprint density at radius 1 is 0.963 bits per heavy atom.